The normalized spacial score (nSPS) is 14.5. The van der Waals surface area contributed by atoms with E-state index in [2.05, 4.69) is 53.4 Å². The number of tetrazole rings is 1. The first-order chi connectivity index (χ1) is 20.2. The molecular weight excluding hydrogens is 551 g/mol. The van der Waals surface area contributed by atoms with Crippen LogP contribution in [0.5, 0.6) is 5.75 Å². The molecule has 0 radical (unpaired) electrons. The number of alkyl halides is 3. The second-order valence-electron chi connectivity index (χ2n) is 9.92. The average Bonchev–Trinajstić information content (AvgIpc) is 3.50. The van der Waals surface area contributed by atoms with E-state index in [9.17, 15) is 22.8 Å². The van der Waals surface area contributed by atoms with Crippen molar-refractivity contribution in [2.45, 2.75) is 50.4 Å². The number of benzene rings is 3. The first-order valence-electron chi connectivity index (χ1n) is 13.4. The Balaban J connectivity index is 1.33. The van der Waals surface area contributed by atoms with Crippen LogP contribution in [0.1, 0.15) is 71.1 Å². The molecule has 1 heterocycles. The summed E-state index contributed by atoms with van der Waals surface area (Å²) in [6.07, 6.45) is 1.19. The van der Waals surface area contributed by atoms with E-state index in [0.717, 1.165) is 30.5 Å². The zero-order valence-electron chi connectivity index (χ0n) is 22.3. The maximum atomic E-state index is 13.0. The molecule has 1 aliphatic carbocycles. The summed E-state index contributed by atoms with van der Waals surface area (Å²) in [6, 6.07) is 18.5. The number of amides is 3. The van der Waals surface area contributed by atoms with Crippen molar-refractivity contribution < 1.29 is 27.5 Å². The molecule has 10 nitrogen and oxygen atoms in total. The van der Waals surface area contributed by atoms with Gasteiger partial charge in [0.1, 0.15) is 5.75 Å². The largest absolute Gasteiger partial charge is 0.573 e. The van der Waals surface area contributed by atoms with Crippen LogP contribution in [-0.4, -0.2) is 38.9 Å². The molecule has 0 saturated heterocycles. The standard InChI is InChI=1S/C29H28F3N7O3/c30-29(31,32)42-24-16-14-23(15-17-24)33-28(41)34-25(20-8-6-19(7-9-20)18-4-2-1-3-5-18)21-10-12-22(13-11-21)26(40)35-27-36-38-39-37-27/h6-18,25H,1-5H2,(H2,33,34,41)(H2,35,36,37,38,39,40). The Morgan fingerprint density at radius 3 is 2.10 bits per heavy atom. The number of aromatic nitrogens is 4. The summed E-state index contributed by atoms with van der Waals surface area (Å²) in [7, 11) is 0. The van der Waals surface area contributed by atoms with Crippen molar-refractivity contribution in [1.82, 2.24) is 25.9 Å². The number of ether oxygens (including phenoxy) is 1. The number of rotatable bonds is 8. The molecule has 0 bridgehead atoms. The number of aromatic amines is 1. The Morgan fingerprint density at radius 1 is 0.857 bits per heavy atom. The van der Waals surface area contributed by atoms with Crippen molar-refractivity contribution in [3.8, 4) is 5.75 Å². The van der Waals surface area contributed by atoms with Gasteiger partial charge in [-0.2, -0.15) is 5.21 Å². The molecule has 4 N–H and O–H groups in total. The predicted octanol–water partition coefficient (Wildman–Crippen LogP) is 6.31. The van der Waals surface area contributed by atoms with Crippen molar-refractivity contribution in [2.24, 2.45) is 0 Å². The number of halogens is 3. The number of carbonyl (C=O) groups excluding carboxylic acids is 2. The van der Waals surface area contributed by atoms with Crippen LogP contribution in [0.2, 0.25) is 0 Å². The zero-order chi connectivity index (χ0) is 29.5. The van der Waals surface area contributed by atoms with Crippen LogP contribution < -0.4 is 20.7 Å². The fourth-order valence-corrected chi connectivity index (χ4v) is 5.01. The number of nitrogens with one attached hydrogen (secondary N) is 4. The molecule has 5 rings (SSSR count). The van der Waals surface area contributed by atoms with Gasteiger partial charge >= 0.3 is 12.4 Å². The highest BCUT2D eigenvalue weighted by Crippen LogP contribution is 2.34. The molecule has 13 heteroatoms. The van der Waals surface area contributed by atoms with Crippen molar-refractivity contribution in [1.29, 1.82) is 0 Å². The van der Waals surface area contributed by atoms with Crippen molar-refractivity contribution in [3.05, 3.63) is 95.1 Å². The minimum atomic E-state index is -4.81. The maximum Gasteiger partial charge on any atom is 0.573 e. The predicted molar refractivity (Wildman–Crippen MR) is 148 cm³/mol. The Morgan fingerprint density at radius 2 is 1.50 bits per heavy atom. The van der Waals surface area contributed by atoms with E-state index in [4.69, 9.17) is 0 Å². The first kappa shape index (κ1) is 28.6. The Bertz CT molecular complexity index is 1470. The van der Waals surface area contributed by atoms with E-state index >= 15 is 0 Å². The third kappa shape index (κ3) is 7.62. The molecule has 1 aromatic heterocycles. The molecule has 3 aromatic carbocycles. The van der Waals surface area contributed by atoms with Gasteiger partial charge in [0.05, 0.1) is 6.04 Å². The molecule has 0 spiro atoms. The number of nitrogens with zero attached hydrogens (tertiary/aromatic N) is 3. The molecular formula is C29H28F3N7O3. The minimum absolute atomic E-state index is 0.0383. The van der Waals surface area contributed by atoms with Crippen LogP contribution in [0, 0.1) is 0 Å². The van der Waals surface area contributed by atoms with E-state index in [-0.39, 0.29) is 11.6 Å². The van der Waals surface area contributed by atoms with Gasteiger partial charge in [0.25, 0.3) is 11.9 Å². The molecule has 0 aliphatic heterocycles. The van der Waals surface area contributed by atoms with Gasteiger partial charge < -0.3 is 15.4 Å². The van der Waals surface area contributed by atoms with Gasteiger partial charge in [-0.3, -0.25) is 10.1 Å². The van der Waals surface area contributed by atoms with Gasteiger partial charge in [-0.25, -0.2) is 4.79 Å². The molecule has 218 valence electrons. The van der Waals surface area contributed by atoms with E-state index < -0.39 is 30.1 Å². The van der Waals surface area contributed by atoms with Gasteiger partial charge in [0, 0.05) is 11.3 Å². The second-order valence-corrected chi connectivity index (χ2v) is 9.92. The van der Waals surface area contributed by atoms with Crippen LogP contribution in [0.3, 0.4) is 0 Å². The number of hydrogen-bond donors (Lipinski definition) is 4. The zero-order valence-corrected chi connectivity index (χ0v) is 22.3. The number of H-pyrrole nitrogens is 1. The molecule has 3 amide bonds. The van der Waals surface area contributed by atoms with Crippen LogP contribution in [0.25, 0.3) is 0 Å². The molecule has 4 aromatic rings. The van der Waals surface area contributed by atoms with E-state index in [1.165, 1.54) is 37.0 Å². The lowest BCUT2D eigenvalue weighted by atomic mass is 9.83. The number of urea groups is 1. The summed E-state index contributed by atoms with van der Waals surface area (Å²) < 4.78 is 41.3. The lowest BCUT2D eigenvalue weighted by molar-refractivity contribution is -0.274. The van der Waals surface area contributed by atoms with E-state index in [1.807, 2.05) is 12.1 Å². The molecule has 1 saturated carbocycles. The second kappa shape index (κ2) is 12.7. The molecule has 42 heavy (non-hydrogen) atoms. The van der Waals surface area contributed by atoms with Crippen LogP contribution in [0.15, 0.2) is 72.8 Å². The third-order valence-electron chi connectivity index (χ3n) is 7.04. The highest BCUT2D eigenvalue weighted by Gasteiger charge is 2.31. The summed E-state index contributed by atoms with van der Waals surface area (Å²) in [5.74, 6) is -0.270. The number of hydrogen-bond acceptors (Lipinski definition) is 6. The summed E-state index contributed by atoms with van der Waals surface area (Å²) >= 11 is 0. The third-order valence-corrected chi connectivity index (χ3v) is 7.04. The fourth-order valence-electron chi connectivity index (χ4n) is 5.01. The molecule has 1 atom stereocenters. The van der Waals surface area contributed by atoms with Crippen molar-refractivity contribution >= 4 is 23.6 Å². The summed E-state index contributed by atoms with van der Waals surface area (Å²) in [5, 5.41) is 21.2. The van der Waals surface area contributed by atoms with Crippen LogP contribution in [0.4, 0.5) is 29.6 Å². The SMILES string of the molecule is O=C(Nc1ccc(OC(F)(F)F)cc1)NC(c1ccc(C(=O)Nc2nn[nH]n2)cc1)c1ccc(C2CCCCC2)cc1. The van der Waals surface area contributed by atoms with Gasteiger partial charge in [-0.1, -0.05) is 60.8 Å². The van der Waals surface area contributed by atoms with Gasteiger partial charge in [0.2, 0.25) is 0 Å². The molecule has 1 fully saturated rings. The van der Waals surface area contributed by atoms with Gasteiger partial charge in [-0.15, -0.1) is 18.3 Å². The smallest absolute Gasteiger partial charge is 0.406 e. The highest BCUT2D eigenvalue weighted by atomic mass is 19.4. The first-order valence-corrected chi connectivity index (χ1v) is 13.4. The van der Waals surface area contributed by atoms with E-state index in [1.54, 1.807) is 24.3 Å². The maximum absolute atomic E-state index is 13.0. The van der Waals surface area contributed by atoms with E-state index in [0.29, 0.717) is 17.0 Å². The summed E-state index contributed by atoms with van der Waals surface area (Å²) in [5.41, 5.74) is 3.42. The number of carbonyl (C=O) groups is 2. The van der Waals surface area contributed by atoms with Crippen molar-refractivity contribution in [2.75, 3.05) is 10.6 Å². The Kier molecular flexibility index (Phi) is 8.65. The highest BCUT2D eigenvalue weighted by molar-refractivity contribution is 6.03. The minimum Gasteiger partial charge on any atom is -0.406 e. The van der Waals surface area contributed by atoms with Crippen LogP contribution >= 0.6 is 0 Å². The Hall–Kier alpha value is -4.94. The van der Waals surface area contributed by atoms with Crippen LogP contribution in [-0.2, 0) is 0 Å². The summed E-state index contributed by atoms with van der Waals surface area (Å²) in [4.78, 5) is 25.6. The van der Waals surface area contributed by atoms with Gasteiger partial charge in [0.15, 0.2) is 0 Å². The summed E-state index contributed by atoms with van der Waals surface area (Å²) in [6.45, 7) is 0. The lowest BCUT2D eigenvalue weighted by Crippen LogP contribution is -2.33. The lowest BCUT2D eigenvalue weighted by Gasteiger charge is -2.24. The monoisotopic (exact) mass is 579 g/mol. The topological polar surface area (TPSA) is 134 Å². The molecule has 1 unspecified atom stereocenters. The van der Waals surface area contributed by atoms with Gasteiger partial charge in [-0.05, 0) is 77.1 Å². The number of anilines is 2. The molecule has 1 aliphatic rings. The Labute approximate surface area is 239 Å². The quantitative estimate of drug-likeness (QED) is 0.193. The average molecular weight is 580 g/mol. The fraction of sp³-hybridized carbons (Fsp3) is 0.276. The van der Waals surface area contributed by atoms with Crippen molar-refractivity contribution in [3.63, 3.8) is 0 Å².